The molecule has 0 aromatic carbocycles. The van der Waals surface area contributed by atoms with Crippen LogP contribution in [-0.2, 0) is 9.59 Å². The molecule has 0 fully saturated rings. The van der Waals surface area contributed by atoms with Gasteiger partial charge in [0.25, 0.3) is 0 Å². The van der Waals surface area contributed by atoms with Crippen molar-refractivity contribution in [1.82, 2.24) is 0 Å². The molecular formula is C20H32O4. The minimum atomic E-state index is -0.719. The summed E-state index contributed by atoms with van der Waals surface area (Å²) in [6.07, 6.45) is 23.1. The summed E-state index contributed by atoms with van der Waals surface area (Å²) in [5.74, 6) is -1.43. The number of allylic oxidation sites excluding steroid dienone is 6. The molecule has 0 rings (SSSR count). The number of rotatable bonds is 16. The van der Waals surface area contributed by atoms with Gasteiger partial charge in [0, 0.05) is 12.8 Å². The van der Waals surface area contributed by atoms with Gasteiger partial charge < -0.3 is 10.2 Å². The van der Waals surface area contributed by atoms with Crippen molar-refractivity contribution in [2.24, 2.45) is 0 Å². The van der Waals surface area contributed by atoms with Crippen LogP contribution < -0.4 is 0 Å². The Balaban J connectivity index is 3.30. The lowest BCUT2D eigenvalue weighted by Gasteiger charge is -1.94. The predicted molar refractivity (Wildman–Crippen MR) is 98.1 cm³/mol. The predicted octanol–water partition coefficient (Wildman–Crippen LogP) is 5.51. The molecule has 0 unspecified atom stereocenters. The summed E-state index contributed by atoms with van der Waals surface area (Å²) in [6, 6.07) is 0. The molecule has 0 bridgehead atoms. The normalized spacial score (nSPS) is 11.8. The number of aliphatic carboxylic acids is 2. The standard InChI is InChI=1S/C20H32O4/c21-19(22)17-15-13-11-9-7-5-3-1-2-4-6-8-10-12-14-16-18-20(23)24/h1,3,7,9-10,12H,2,4-6,8,11,13-18H2,(H,21,22)(H,23,24)/b3-1-,9-7-,12-10-. The molecule has 0 aliphatic carbocycles. The molecule has 24 heavy (non-hydrogen) atoms. The highest BCUT2D eigenvalue weighted by Gasteiger charge is 1.94. The van der Waals surface area contributed by atoms with Gasteiger partial charge in [0.1, 0.15) is 0 Å². The number of carbonyl (C=O) groups is 2. The maximum absolute atomic E-state index is 10.3. The molecule has 0 heterocycles. The SMILES string of the molecule is O=C(O)CCC/C=C\CCCC/C=C\C/C=C\CCCCC(=O)O. The quantitative estimate of drug-likeness (QED) is 0.288. The molecule has 0 aliphatic heterocycles. The van der Waals surface area contributed by atoms with Gasteiger partial charge in [-0.25, -0.2) is 0 Å². The second-order valence-electron chi connectivity index (χ2n) is 5.86. The van der Waals surface area contributed by atoms with Crippen molar-refractivity contribution in [3.05, 3.63) is 36.5 Å². The Morgan fingerprint density at radius 2 is 0.917 bits per heavy atom. The molecule has 136 valence electrons. The van der Waals surface area contributed by atoms with Crippen molar-refractivity contribution in [3.63, 3.8) is 0 Å². The van der Waals surface area contributed by atoms with Gasteiger partial charge in [0.05, 0.1) is 0 Å². The van der Waals surface area contributed by atoms with E-state index in [9.17, 15) is 9.59 Å². The number of unbranched alkanes of at least 4 members (excludes halogenated alkanes) is 6. The van der Waals surface area contributed by atoms with Gasteiger partial charge in [-0.2, -0.15) is 0 Å². The van der Waals surface area contributed by atoms with Crippen LogP contribution >= 0.6 is 0 Å². The number of carboxylic acids is 2. The average Bonchev–Trinajstić information content (AvgIpc) is 2.53. The van der Waals surface area contributed by atoms with Gasteiger partial charge in [-0.05, 0) is 64.2 Å². The van der Waals surface area contributed by atoms with Gasteiger partial charge in [-0.1, -0.05) is 36.5 Å². The molecule has 0 aliphatic rings. The van der Waals surface area contributed by atoms with E-state index in [-0.39, 0.29) is 12.8 Å². The highest BCUT2D eigenvalue weighted by molar-refractivity contribution is 5.66. The first kappa shape index (κ1) is 22.2. The van der Waals surface area contributed by atoms with E-state index in [2.05, 4.69) is 36.5 Å². The highest BCUT2D eigenvalue weighted by Crippen LogP contribution is 2.05. The second-order valence-corrected chi connectivity index (χ2v) is 5.86. The van der Waals surface area contributed by atoms with E-state index in [1.807, 2.05) is 0 Å². The first-order chi connectivity index (χ1) is 11.6. The molecule has 0 aromatic heterocycles. The Labute approximate surface area is 146 Å². The molecule has 0 aromatic rings. The lowest BCUT2D eigenvalue weighted by atomic mass is 10.1. The third kappa shape index (κ3) is 20.2. The summed E-state index contributed by atoms with van der Waals surface area (Å²) in [6.45, 7) is 0. The summed E-state index contributed by atoms with van der Waals surface area (Å²) >= 11 is 0. The molecule has 2 N–H and O–H groups in total. The number of carboxylic acid groups (broad SMARTS) is 2. The highest BCUT2D eigenvalue weighted by atomic mass is 16.4. The summed E-state index contributed by atoms with van der Waals surface area (Å²) < 4.78 is 0. The maximum atomic E-state index is 10.3. The minimum absolute atomic E-state index is 0.256. The van der Waals surface area contributed by atoms with Gasteiger partial charge in [0.15, 0.2) is 0 Å². The molecule has 4 heteroatoms. The van der Waals surface area contributed by atoms with E-state index >= 15 is 0 Å². The molecule has 0 atom stereocenters. The van der Waals surface area contributed by atoms with Crippen LogP contribution in [0.25, 0.3) is 0 Å². The van der Waals surface area contributed by atoms with Crippen molar-refractivity contribution in [2.75, 3.05) is 0 Å². The summed E-state index contributed by atoms with van der Waals surface area (Å²) in [5.41, 5.74) is 0. The second kappa shape index (κ2) is 17.5. The molecule has 0 radical (unpaired) electrons. The number of hydrogen-bond donors (Lipinski definition) is 2. The van der Waals surface area contributed by atoms with Crippen LogP contribution in [0.2, 0.25) is 0 Å². The van der Waals surface area contributed by atoms with Crippen LogP contribution in [0.5, 0.6) is 0 Å². The Morgan fingerprint density at radius 3 is 1.42 bits per heavy atom. The lowest BCUT2D eigenvalue weighted by Crippen LogP contribution is -1.92. The van der Waals surface area contributed by atoms with E-state index in [4.69, 9.17) is 10.2 Å². The van der Waals surface area contributed by atoms with Gasteiger partial charge in [-0.15, -0.1) is 0 Å². The van der Waals surface area contributed by atoms with Crippen LogP contribution in [0, 0.1) is 0 Å². The first-order valence-corrected chi connectivity index (χ1v) is 9.01. The van der Waals surface area contributed by atoms with Crippen molar-refractivity contribution >= 4 is 11.9 Å². The smallest absolute Gasteiger partial charge is 0.303 e. The molecular weight excluding hydrogens is 304 g/mol. The monoisotopic (exact) mass is 336 g/mol. The zero-order valence-electron chi connectivity index (χ0n) is 14.7. The van der Waals surface area contributed by atoms with Crippen LogP contribution in [0.4, 0.5) is 0 Å². The summed E-state index contributed by atoms with van der Waals surface area (Å²) in [5, 5.41) is 17.0. The molecule has 0 saturated carbocycles. The third-order valence-electron chi connectivity index (χ3n) is 3.54. The Bertz CT molecular complexity index is 408. The van der Waals surface area contributed by atoms with Crippen molar-refractivity contribution < 1.29 is 19.8 Å². The zero-order chi connectivity index (χ0) is 17.9. The average molecular weight is 336 g/mol. The molecule has 0 saturated heterocycles. The largest absolute Gasteiger partial charge is 0.481 e. The zero-order valence-corrected chi connectivity index (χ0v) is 14.7. The van der Waals surface area contributed by atoms with Crippen LogP contribution in [-0.4, -0.2) is 22.2 Å². The fraction of sp³-hybridized carbons (Fsp3) is 0.600. The lowest BCUT2D eigenvalue weighted by molar-refractivity contribution is -0.138. The van der Waals surface area contributed by atoms with Crippen molar-refractivity contribution in [3.8, 4) is 0 Å². The van der Waals surface area contributed by atoms with Gasteiger partial charge >= 0.3 is 11.9 Å². The topological polar surface area (TPSA) is 74.6 Å². The molecule has 4 nitrogen and oxygen atoms in total. The fourth-order valence-electron chi connectivity index (χ4n) is 2.18. The van der Waals surface area contributed by atoms with E-state index in [1.165, 1.54) is 12.8 Å². The van der Waals surface area contributed by atoms with E-state index in [0.29, 0.717) is 0 Å². The van der Waals surface area contributed by atoms with Gasteiger partial charge in [-0.3, -0.25) is 9.59 Å². The Hall–Kier alpha value is -1.84. The van der Waals surface area contributed by atoms with E-state index in [1.54, 1.807) is 0 Å². The maximum Gasteiger partial charge on any atom is 0.303 e. The molecule has 0 spiro atoms. The van der Waals surface area contributed by atoms with Crippen LogP contribution in [0.3, 0.4) is 0 Å². The van der Waals surface area contributed by atoms with Crippen molar-refractivity contribution in [1.29, 1.82) is 0 Å². The summed E-state index contributed by atoms with van der Waals surface area (Å²) in [7, 11) is 0. The Morgan fingerprint density at radius 1 is 0.542 bits per heavy atom. The Kier molecular flexibility index (Phi) is 16.2. The van der Waals surface area contributed by atoms with E-state index in [0.717, 1.165) is 51.4 Å². The number of hydrogen-bond acceptors (Lipinski definition) is 2. The van der Waals surface area contributed by atoms with Crippen molar-refractivity contribution in [2.45, 2.75) is 77.0 Å². The van der Waals surface area contributed by atoms with Crippen LogP contribution in [0.15, 0.2) is 36.5 Å². The third-order valence-corrected chi connectivity index (χ3v) is 3.54. The van der Waals surface area contributed by atoms with Crippen LogP contribution in [0.1, 0.15) is 77.0 Å². The minimum Gasteiger partial charge on any atom is -0.481 e. The first-order valence-electron chi connectivity index (χ1n) is 9.01. The summed E-state index contributed by atoms with van der Waals surface area (Å²) in [4.78, 5) is 20.7. The van der Waals surface area contributed by atoms with Gasteiger partial charge in [0.2, 0.25) is 0 Å². The fourth-order valence-corrected chi connectivity index (χ4v) is 2.18. The molecule has 0 amide bonds. The van der Waals surface area contributed by atoms with E-state index < -0.39 is 11.9 Å².